The van der Waals surface area contributed by atoms with Crippen LogP contribution in [0.2, 0.25) is 0 Å². The van der Waals surface area contributed by atoms with Crippen LogP contribution >= 0.6 is 11.8 Å². The summed E-state index contributed by atoms with van der Waals surface area (Å²) in [4.78, 5) is 30.4. The van der Waals surface area contributed by atoms with Crippen molar-refractivity contribution in [2.45, 2.75) is 18.1 Å². The fourth-order valence-electron chi connectivity index (χ4n) is 3.76. The van der Waals surface area contributed by atoms with Crippen molar-refractivity contribution in [2.24, 2.45) is 0 Å². The molecule has 35 heavy (non-hydrogen) atoms. The van der Waals surface area contributed by atoms with Gasteiger partial charge >= 0.3 is 0 Å². The highest BCUT2D eigenvalue weighted by atomic mass is 32.2. The van der Waals surface area contributed by atoms with Crippen molar-refractivity contribution in [3.63, 3.8) is 0 Å². The van der Waals surface area contributed by atoms with Crippen molar-refractivity contribution in [1.82, 2.24) is 14.9 Å². The minimum atomic E-state index is -0.910. The highest BCUT2D eigenvalue weighted by molar-refractivity contribution is 7.99. The summed E-state index contributed by atoms with van der Waals surface area (Å²) in [6.07, 6.45) is 0. The summed E-state index contributed by atoms with van der Waals surface area (Å²) < 4.78 is 39.9. The molecule has 1 N–H and O–H groups in total. The average molecular weight is 496 g/mol. The molecule has 1 amide bonds. The van der Waals surface area contributed by atoms with E-state index in [9.17, 15) is 18.4 Å². The molecule has 0 saturated carbocycles. The number of benzene rings is 3. The molecule has 3 aromatic carbocycles. The molecule has 4 aromatic rings. The van der Waals surface area contributed by atoms with E-state index in [0.29, 0.717) is 23.1 Å². The van der Waals surface area contributed by atoms with Gasteiger partial charge in [-0.25, -0.2) is 13.8 Å². The standard InChI is InChI=1S/C25H19F2N3O4S/c1-14(15-6-9-21-22(10-15)34-13-33-21)28-23(31)12-35-25-29-19-5-3-2-4-17(19)24(32)30(25)20-8-7-16(26)11-18(20)27/h2-11,14H,12-13H2,1H3,(H,28,31). The molecule has 5 rings (SSSR count). The Morgan fingerprint density at radius 3 is 2.74 bits per heavy atom. The van der Waals surface area contributed by atoms with Crippen LogP contribution in [0, 0.1) is 11.6 Å². The summed E-state index contributed by atoms with van der Waals surface area (Å²) in [5, 5.41) is 3.29. The number of carbonyl (C=O) groups is 1. The van der Waals surface area contributed by atoms with Crippen LogP contribution < -0.4 is 20.3 Å². The first kappa shape index (κ1) is 22.9. The first-order chi connectivity index (χ1) is 16.9. The summed E-state index contributed by atoms with van der Waals surface area (Å²) in [6, 6.07) is 14.7. The number of thioether (sulfide) groups is 1. The van der Waals surface area contributed by atoms with Crippen LogP contribution in [0.4, 0.5) is 8.78 Å². The van der Waals surface area contributed by atoms with Gasteiger partial charge in [0.1, 0.15) is 11.6 Å². The molecule has 0 bridgehead atoms. The van der Waals surface area contributed by atoms with Crippen molar-refractivity contribution in [3.8, 4) is 17.2 Å². The van der Waals surface area contributed by atoms with Crippen LogP contribution in [0.15, 0.2) is 70.6 Å². The first-order valence-electron chi connectivity index (χ1n) is 10.7. The summed E-state index contributed by atoms with van der Waals surface area (Å²) >= 11 is 0.984. The largest absolute Gasteiger partial charge is 0.454 e. The number of amides is 1. The van der Waals surface area contributed by atoms with Crippen molar-refractivity contribution in [1.29, 1.82) is 0 Å². The van der Waals surface area contributed by atoms with E-state index in [0.717, 1.165) is 28.0 Å². The Labute approximate surface area is 202 Å². The Morgan fingerprint density at radius 1 is 1.11 bits per heavy atom. The number of halogens is 2. The molecule has 1 unspecified atom stereocenters. The second-order valence-corrected chi connectivity index (χ2v) is 8.78. The van der Waals surface area contributed by atoms with E-state index < -0.39 is 17.2 Å². The maximum Gasteiger partial charge on any atom is 0.266 e. The lowest BCUT2D eigenvalue weighted by atomic mass is 10.1. The van der Waals surface area contributed by atoms with Crippen LogP contribution in [0.3, 0.4) is 0 Å². The number of hydrogen-bond acceptors (Lipinski definition) is 6. The molecule has 178 valence electrons. The first-order valence-corrected chi connectivity index (χ1v) is 11.7. The zero-order valence-corrected chi connectivity index (χ0v) is 19.3. The smallest absolute Gasteiger partial charge is 0.266 e. The fourth-order valence-corrected chi connectivity index (χ4v) is 4.58. The number of rotatable bonds is 6. The van der Waals surface area contributed by atoms with Crippen LogP contribution in [0.1, 0.15) is 18.5 Å². The van der Waals surface area contributed by atoms with Gasteiger partial charge in [0.05, 0.1) is 28.4 Å². The van der Waals surface area contributed by atoms with Crippen LogP contribution in [0.5, 0.6) is 11.5 Å². The van der Waals surface area contributed by atoms with Gasteiger partial charge in [0, 0.05) is 6.07 Å². The maximum absolute atomic E-state index is 14.6. The zero-order chi connectivity index (χ0) is 24.5. The number of hydrogen-bond donors (Lipinski definition) is 1. The molecule has 1 atom stereocenters. The molecule has 1 aliphatic heterocycles. The summed E-state index contributed by atoms with van der Waals surface area (Å²) in [6.45, 7) is 1.99. The van der Waals surface area contributed by atoms with Gasteiger partial charge in [0.25, 0.3) is 5.56 Å². The number of aromatic nitrogens is 2. The Morgan fingerprint density at radius 2 is 1.91 bits per heavy atom. The molecular formula is C25H19F2N3O4S. The van der Waals surface area contributed by atoms with E-state index in [1.807, 2.05) is 13.0 Å². The van der Waals surface area contributed by atoms with Crippen LogP contribution in [-0.2, 0) is 4.79 Å². The summed E-state index contributed by atoms with van der Waals surface area (Å²) in [7, 11) is 0. The maximum atomic E-state index is 14.6. The lowest BCUT2D eigenvalue weighted by Gasteiger charge is -2.16. The topological polar surface area (TPSA) is 82.5 Å². The van der Waals surface area contributed by atoms with E-state index in [1.54, 1.807) is 36.4 Å². The molecule has 0 radical (unpaired) electrons. The molecule has 10 heteroatoms. The number of ether oxygens (including phenoxy) is 2. The minimum absolute atomic E-state index is 0.0809. The third kappa shape index (κ3) is 4.57. The van der Waals surface area contributed by atoms with Gasteiger partial charge in [-0.3, -0.25) is 14.2 Å². The molecule has 1 aliphatic rings. The molecule has 2 heterocycles. The van der Waals surface area contributed by atoms with E-state index >= 15 is 0 Å². The Balaban J connectivity index is 1.40. The number of fused-ring (bicyclic) bond motifs is 2. The molecule has 0 fully saturated rings. The molecule has 1 aromatic heterocycles. The second-order valence-electron chi connectivity index (χ2n) is 7.84. The van der Waals surface area contributed by atoms with Gasteiger partial charge in [-0.05, 0) is 48.9 Å². The van der Waals surface area contributed by atoms with Gasteiger partial charge in [-0.15, -0.1) is 0 Å². The molecule has 0 spiro atoms. The molecule has 0 aliphatic carbocycles. The van der Waals surface area contributed by atoms with Crippen LogP contribution in [-0.4, -0.2) is 28.0 Å². The van der Waals surface area contributed by atoms with Crippen molar-refractivity contribution in [2.75, 3.05) is 12.5 Å². The number of nitrogens with zero attached hydrogens (tertiary/aromatic N) is 2. The minimum Gasteiger partial charge on any atom is -0.454 e. The number of nitrogens with one attached hydrogen (secondary N) is 1. The van der Waals surface area contributed by atoms with Gasteiger partial charge < -0.3 is 14.8 Å². The predicted molar refractivity (Wildman–Crippen MR) is 127 cm³/mol. The van der Waals surface area contributed by atoms with Crippen molar-refractivity contribution < 1.29 is 23.0 Å². The van der Waals surface area contributed by atoms with Gasteiger partial charge in [0.15, 0.2) is 16.7 Å². The average Bonchev–Trinajstić information content (AvgIpc) is 3.32. The van der Waals surface area contributed by atoms with Crippen molar-refractivity contribution in [3.05, 3.63) is 88.2 Å². The Hall–Kier alpha value is -3.92. The number of para-hydroxylation sites is 1. The van der Waals surface area contributed by atoms with E-state index in [2.05, 4.69) is 10.3 Å². The Bertz CT molecular complexity index is 1510. The van der Waals surface area contributed by atoms with Crippen molar-refractivity contribution >= 4 is 28.6 Å². The third-order valence-electron chi connectivity index (χ3n) is 5.50. The third-order valence-corrected chi connectivity index (χ3v) is 6.44. The lowest BCUT2D eigenvalue weighted by molar-refractivity contribution is -0.119. The molecular weight excluding hydrogens is 476 g/mol. The van der Waals surface area contributed by atoms with Gasteiger partial charge in [0.2, 0.25) is 12.7 Å². The second kappa shape index (κ2) is 9.38. The van der Waals surface area contributed by atoms with E-state index in [1.165, 1.54) is 6.07 Å². The van der Waals surface area contributed by atoms with E-state index in [-0.39, 0.29) is 40.7 Å². The predicted octanol–water partition coefficient (Wildman–Crippen LogP) is 4.36. The summed E-state index contributed by atoms with van der Waals surface area (Å²) in [5.74, 6) is -0.803. The van der Waals surface area contributed by atoms with Crippen LogP contribution in [0.25, 0.3) is 16.6 Å². The Kier molecular flexibility index (Phi) is 6.12. The quantitative estimate of drug-likeness (QED) is 0.316. The SMILES string of the molecule is CC(NC(=O)CSc1nc2ccccc2c(=O)n1-c1ccc(F)cc1F)c1ccc2c(c1)OCO2. The monoisotopic (exact) mass is 495 g/mol. The highest BCUT2D eigenvalue weighted by Gasteiger charge is 2.20. The summed E-state index contributed by atoms with van der Waals surface area (Å²) in [5.41, 5.74) is 0.582. The normalized spacial score (nSPS) is 13.1. The fraction of sp³-hybridized carbons (Fsp3) is 0.160. The highest BCUT2D eigenvalue weighted by Crippen LogP contribution is 2.34. The zero-order valence-electron chi connectivity index (χ0n) is 18.5. The van der Waals surface area contributed by atoms with Gasteiger partial charge in [-0.2, -0.15) is 0 Å². The van der Waals surface area contributed by atoms with Gasteiger partial charge in [-0.1, -0.05) is 30.0 Å². The molecule has 0 saturated heterocycles. The van der Waals surface area contributed by atoms with E-state index in [4.69, 9.17) is 9.47 Å². The lowest BCUT2D eigenvalue weighted by Crippen LogP contribution is -2.29. The molecule has 7 nitrogen and oxygen atoms in total. The number of carbonyl (C=O) groups excluding carboxylic acids is 1.